The topological polar surface area (TPSA) is 79.5 Å². The van der Waals surface area contributed by atoms with E-state index in [2.05, 4.69) is 15.1 Å². The van der Waals surface area contributed by atoms with Crippen molar-refractivity contribution >= 4 is 11.6 Å². The Labute approximate surface area is 135 Å². The fourth-order valence-electron chi connectivity index (χ4n) is 2.08. The summed E-state index contributed by atoms with van der Waals surface area (Å²) >= 11 is 5.92. The Balaban J connectivity index is 1.50. The molecule has 23 heavy (non-hydrogen) atoms. The second-order valence-corrected chi connectivity index (χ2v) is 5.02. The normalized spacial score (nSPS) is 12.4. The SMILES string of the molecule is Clc1ncccc1OCc1nc(-c2ccc3c(c2)OCO3)no1. The van der Waals surface area contributed by atoms with Crippen LogP contribution in [0.25, 0.3) is 11.4 Å². The number of benzene rings is 1. The zero-order chi connectivity index (χ0) is 15.6. The van der Waals surface area contributed by atoms with Crippen molar-refractivity contribution in [3.8, 4) is 28.6 Å². The molecule has 0 atom stereocenters. The molecular weight excluding hydrogens is 322 g/mol. The van der Waals surface area contributed by atoms with Crippen LogP contribution in [0.15, 0.2) is 41.1 Å². The van der Waals surface area contributed by atoms with Gasteiger partial charge in [-0.3, -0.25) is 0 Å². The molecule has 0 N–H and O–H groups in total. The first-order valence-electron chi connectivity index (χ1n) is 6.75. The van der Waals surface area contributed by atoms with Crippen molar-refractivity contribution < 1.29 is 18.7 Å². The second kappa shape index (κ2) is 5.77. The summed E-state index contributed by atoms with van der Waals surface area (Å²) in [5.41, 5.74) is 0.767. The Morgan fingerprint density at radius 3 is 3.00 bits per heavy atom. The van der Waals surface area contributed by atoms with Crippen molar-refractivity contribution in [1.82, 2.24) is 15.1 Å². The van der Waals surface area contributed by atoms with Gasteiger partial charge in [0.05, 0.1) is 0 Å². The van der Waals surface area contributed by atoms with Crippen molar-refractivity contribution in [2.45, 2.75) is 6.61 Å². The van der Waals surface area contributed by atoms with Crippen LogP contribution in [-0.2, 0) is 6.61 Å². The Kier molecular flexibility index (Phi) is 3.47. The molecule has 1 aliphatic heterocycles. The molecule has 7 nitrogen and oxygen atoms in total. The highest BCUT2D eigenvalue weighted by Gasteiger charge is 2.16. The molecule has 0 aliphatic carbocycles. The molecule has 3 heterocycles. The van der Waals surface area contributed by atoms with Gasteiger partial charge in [-0.25, -0.2) is 4.98 Å². The second-order valence-electron chi connectivity index (χ2n) is 4.66. The first-order valence-corrected chi connectivity index (χ1v) is 7.13. The Bertz CT molecular complexity index is 852. The van der Waals surface area contributed by atoms with Crippen LogP contribution in [0.4, 0.5) is 0 Å². The summed E-state index contributed by atoms with van der Waals surface area (Å²) < 4.78 is 21.3. The molecule has 0 amide bonds. The van der Waals surface area contributed by atoms with Gasteiger partial charge in [-0.2, -0.15) is 4.98 Å². The molecule has 0 spiro atoms. The van der Waals surface area contributed by atoms with E-state index in [1.54, 1.807) is 30.5 Å². The van der Waals surface area contributed by atoms with Crippen molar-refractivity contribution in [2.24, 2.45) is 0 Å². The molecule has 4 rings (SSSR count). The molecule has 0 fully saturated rings. The smallest absolute Gasteiger partial charge is 0.264 e. The lowest BCUT2D eigenvalue weighted by Crippen LogP contribution is -1.96. The van der Waals surface area contributed by atoms with E-state index in [1.165, 1.54) is 0 Å². The average molecular weight is 332 g/mol. The van der Waals surface area contributed by atoms with Gasteiger partial charge >= 0.3 is 0 Å². The summed E-state index contributed by atoms with van der Waals surface area (Å²) in [6, 6.07) is 8.88. The number of fused-ring (bicyclic) bond motifs is 1. The van der Waals surface area contributed by atoms with Gasteiger partial charge in [0.1, 0.15) is 0 Å². The van der Waals surface area contributed by atoms with E-state index in [0.29, 0.717) is 29.0 Å². The standard InChI is InChI=1S/C15H10ClN3O4/c16-14-11(2-1-5-17-14)20-7-13-18-15(19-23-13)9-3-4-10-12(6-9)22-8-21-10/h1-6H,7-8H2. The van der Waals surface area contributed by atoms with Crippen LogP contribution in [-0.4, -0.2) is 21.9 Å². The van der Waals surface area contributed by atoms with E-state index >= 15 is 0 Å². The molecule has 0 saturated carbocycles. The highest BCUT2D eigenvalue weighted by molar-refractivity contribution is 6.30. The monoisotopic (exact) mass is 331 g/mol. The number of ether oxygens (including phenoxy) is 3. The fourth-order valence-corrected chi connectivity index (χ4v) is 2.26. The van der Waals surface area contributed by atoms with Crippen molar-refractivity contribution in [3.63, 3.8) is 0 Å². The van der Waals surface area contributed by atoms with Gasteiger partial charge in [0, 0.05) is 11.8 Å². The zero-order valence-corrected chi connectivity index (χ0v) is 12.5. The molecule has 0 bridgehead atoms. The van der Waals surface area contributed by atoms with Crippen LogP contribution in [0.3, 0.4) is 0 Å². The Hall–Kier alpha value is -2.80. The van der Waals surface area contributed by atoms with Crippen LogP contribution in [0, 0.1) is 0 Å². The number of hydrogen-bond donors (Lipinski definition) is 0. The summed E-state index contributed by atoms with van der Waals surface area (Å²) in [5.74, 6) is 2.59. The van der Waals surface area contributed by atoms with Gasteiger partial charge in [0.15, 0.2) is 29.0 Å². The fraction of sp³-hybridized carbons (Fsp3) is 0.133. The predicted octanol–water partition coefficient (Wildman–Crippen LogP) is 3.09. The molecule has 1 aliphatic rings. The number of halogens is 1. The maximum atomic E-state index is 5.92. The highest BCUT2D eigenvalue weighted by atomic mass is 35.5. The van der Waals surface area contributed by atoms with Crippen LogP contribution in [0.1, 0.15) is 5.89 Å². The highest BCUT2D eigenvalue weighted by Crippen LogP contribution is 2.35. The molecule has 3 aromatic rings. The maximum Gasteiger partial charge on any atom is 0.264 e. The number of rotatable bonds is 4. The van der Waals surface area contributed by atoms with E-state index in [0.717, 1.165) is 5.56 Å². The van der Waals surface area contributed by atoms with Gasteiger partial charge in [-0.15, -0.1) is 0 Å². The third-order valence-electron chi connectivity index (χ3n) is 3.17. The average Bonchev–Trinajstić information content (AvgIpc) is 3.22. The molecule has 116 valence electrons. The quantitative estimate of drug-likeness (QED) is 0.679. The maximum absolute atomic E-state index is 5.92. The van der Waals surface area contributed by atoms with Crippen LogP contribution in [0.2, 0.25) is 5.15 Å². The lowest BCUT2D eigenvalue weighted by atomic mass is 10.2. The molecule has 8 heteroatoms. The lowest BCUT2D eigenvalue weighted by Gasteiger charge is -2.03. The predicted molar refractivity (Wildman–Crippen MR) is 79.4 cm³/mol. The van der Waals surface area contributed by atoms with Crippen LogP contribution in [0.5, 0.6) is 17.2 Å². The van der Waals surface area contributed by atoms with Crippen LogP contribution >= 0.6 is 11.6 Å². The van der Waals surface area contributed by atoms with E-state index in [4.69, 9.17) is 30.3 Å². The van der Waals surface area contributed by atoms with Crippen molar-refractivity contribution in [3.05, 3.63) is 47.6 Å². The van der Waals surface area contributed by atoms with Crippen LogP contribution < -0.4 is 14.2 Å². The van der Waals surface area contributed by atoms with Gasteiger partial charge in [-0.05, 0) is 30.3 Å². The molecule has 0 saturated heterocycles. The third-order valence-corrected chi connectivity index (χ3v) is 3.46. The molecule has 0 radical (unpaired) electrons. The number of aromatic nitrogens is 3. The molecule has 2 aromatic heterocycles. The van der Waals surface area contributed by atoms with E-state index in [9.17, 15) is 0 Å². The largest absolute Gasteiger partial charge is 0.481 e. The third kappa shape index (κ3) is 2.78. The van der Waals surface area contributed by atoms with Gasteiger partial charge < -0.3 is 18.7 Å². The minimum absolute atomic E-state index is 0.100. The lowest BCUT2D eigenvalue weighted by molar-refractivity contribution is 0.174. The van der Waals surface area contributed by atoms with Crippen molar-refractivity contribution in [2.75, 3.05) is 6.79 Å². The van der Waals surface area contributed by atoms with Gasteiger partial charge in [0.2, 0.25) is 12.6 Å². The van der Waals surface area contributed by atoms with E-state index < -0.39 is 0 Å². The summed E-state index contributed by atoms with van der Waals surface area (Å²) in [7, 11) is 0. The zero-order valence-electron chi connectivity index (χ0n) is 11.7. The van der Waals surface area contributed by atoms with Gasteiger partial charge in [0.25, 0.3) is 5.89 Å². The molecular formula is C15H10ClN3O4. The van der Waals surface area contributed by atoms with E-state index in [1.807, 2.05) is 6.07 Å². The molecule has 1 aromatic carbocycles. The van der Waals surface area contributed by atoms with E-state index in [-0.39, 0.29) is 18.6 Å². The summed E-state index contributed by atoms with van der Waals surface area (Å²) in [6.07, 6.45) is 1.58. The van der Waals surface area contributed by atoms with Gasteiger partial charge in [-0.1, -0.05) is 16.8 Å². The first-order chi connectivity index (χ1) is 11.3. The summed E-state index contributed by atoms with van der Waals surface area (Å²) in [6.45, 7) is 0.318. The number of hydrogen-bond acceptors (Lipinski definition) is 7. The molecule has 0 unspecified atom stereocenters. The number of pyridine rings is 1. The first kappa shape index (κ1) is 13.8. The minimum Gasteiger partial charge on any atom is -0.481 e. The Morgan fingerprint density at radius 2 is 2.09 bits per heavy atom. The minimum atomic E-state index is 0.100. The number of nitrogens with zero attached hydrogens (tertiary/aromatic N) is 3. The summed E-state index contributed by atoms with van der Waals surface area (Å²) in [5, 5.41) is 4.22. The van der Waals surface area contributed by atoms with Crippen molar-refractivity contribution in [1.29, 1.82) is 0 Å². The summed E-state index contributed by atoms with van der Waals surface area (Å²) in [4.78, 5) is 8.21. The Morgan fingerprint density at radius 1 is 1.17 bits per heavy atom.